The van der Waals surface area contributed by atoms with E-state index in [2.05, 4.69) is 40.4 Å². The van der Waals surface area contributed by atoms with Crippen LogP contribution in [-0.2, 0) is 4.74 Å². The molecule has 0 aliphatic rings. The Hall–Kier alpha value is -0.0700. The number of hydrogen-bond acceptors (Lipinski definition) is 4. The van der Waals surface area contributed by atoms with Crippen LogP contribution >= 0.6 is 27.7 Å². The zero-order chi connectivity index (χ0) is 13.4. The van der Waals surface area contributed by atoms with E-state index in [1.807, 2.05) is 23.9 Å². The lowest BCUT2D eigenvalue weighted by atomic mass is 10.0. The first kappa shape index (κ1) is 16.0. The van der Waals surface area contributed by atoms with Crippen molar-refractivity contribution in [3.63, 3.8) is 0 Å². The van der Waals surface area contributed by atoms with Crippen LogP contribution in [0.25, 0.3) is 0 Å². The Morgan fingerprint density at radius 1 is 1.44 bits per heavy atom. The van der Waals surface area contributed by atoms with Crippen LogP contribution in [0.5, 0.6) is 0 Å². The van der Waals surface area contributed by atoms with Gasteiger partial charge >= 0.3 is 0 Å². The zero-order valence-electron chi connectivity index (χ0n) is 10.9. The molecule has 5 heteroatoms. The van der Waals surface area contributed by atoms with Crippen LogP contribution in [0, 0.1) is 5.92 Å². The van der Waals surface area contributed by atoms with Crippen LogP contribution < -0.4 is 11.3 Å². The molecule has 0 fully saturated rings. The molecule has 3 N–H and O–H groups in total. The number of thioether (sulfide) groups is 1. The van der Waals surface area contributed by atoms with E-state index in [4.69, 9.17) is 10.6 Å². The molecule has 0 heterocycles. The highest BCUT2D eigenvalue weighted by atomic mass is 79.9. The minimum Gasteiger partial charge on any atom is -0.385 e. The van der Waals surface area contributed by atoms with E-state index in [1.54, 1.807) is 7.11 Å². The molecule has 0 aliphatic carbocycles. The molecular weight excluding hydrogens is 312 g/mol. The van der Waals surface area contributed by atoms with Gasteiger partial charge in [-0.3, -0.25) is 11.3 Å². The van der Waals surface area contributed by atoms with Crippen LogP contribution in [-0.4, -0.2) is 25.5 Å². The van der Waals surface area contributed by atoms with E-state index < -0.39 is 0 Å². The Kier molecular flexibility index (Phi) is 7.93. The molecule has 0 spiro atoms. The van der Waals surface area contributed by atoms with E-state index in [-0.39, 0.29) is 6.04 Å². The van der Waals surface area contributed by atoms with Gasteiger partial charge in [0.15, 0.2) is 0 Å². The molecule has 0 saturated heterocycles. The largest absolute Gasteiger partial charge is 0.385 e. The summed E-state index contributed by atoms with van der Waals surface area (Å²) >= 11 is 5.37. The van der Waals surface area contributed by atoms with Crippen molar-refractivity contribution in [2.45, 2.75) is 24.3 Å². The molecule has 1 aromatic carbocycles. The van der Waals surface area contributed by atoms with Gasteiger partial charge in [0.2, 0.25) is 0 Å². The highest BCUT2D eigenvalue weighted by molar-refractivity contribution is 9.10. The fourth-order valence-electron chi connectivity index (χ4n) is 1.62. The monoisotopic (exact) mass is 332 g/mol. The lowest BCUT2D eigenvalue weighted by molar-refractivity contribution is 0.172. The minimum absolute atomic E-state index is 0.289. The smallest absolute Gasteiger partial charge is 0.0465 e. The van der Waals surface area contributed by atoms with E-state index in [0.717, 1.165) is 23.3 Å². The third-order valence-corrected chi connectivity index (χ3v) is 5.08. The van der Waals surface area contributed by atoms with E-state index in [0.29, 0.717) is 5.92 Å². The van der Waals surface area contributed by atoms with Crippen molar-refractivity contribution < 1.29 is 4.74 Å². The Morgan fingerprint density at radius 3 is 2.78 bits per heavy atom. The molecule has 18 heavy (non-hydrogen) atoms. The normalized spacial score (nSPS) is 14.4. The van der Waals surface area contributed by atoms with Crippen molar-refractivity contribution in [1.29, 1.82) is 0 Å². The van der Waals surface area contributed by atoms with Gasteiger partial charge in [0.25, 0.3) is 0 Å². The Balaban J connectivity index is 2.46. The number of ether oxygens (including phenoxy) is 1. The summed E-state index contributed by atoms with van der Waals surface area (Å²) in [6.07, 6.45) is 1.02. The molecule has 0 bridgehead atoms. The van der Waals surface area contributed by atoms with Gasteiger partial charge in [0.1, 0.15) is 0 Å². The molecule has 3 nitrogen and oxygen atoms in total. The summed E-state index contributed by atoms with van der Waals surface area (Å²) in [7, 11) is 1.73. The van der Waals surface area contributed by atoms with Crippen molar-refractivity contribution in [2.75, 3.05) is 19.5 Å². The fourth-order valence-corrected chi connectivity index (χ4v) is 3.42. The van der Waals surface area contributed by atoms with E-state index in [9.17, 15) is 0 Å². The minimum atomic E-state index is 0.289. The number of hydrogen-bond donors (Lipinski definition) is 2. The van der Waals surface area contributed by atoms with E-state index >= 15 is 0 Å². The molecule has 2 atom stereocenters. The van der Waals surface area contributed by atoms with Crippen LogP contribution in [0.4, 0.5) is 0 Å². The van der Waals surface area contributed by atoms with Crippen LogP contribution in [0.2, 0.25) is 0 Å². The molecule has 1 aromatic rings. The lowest BCUT2D eigenvalue weighted by Gasteiger charge is -2.22. The Morgan fingerprint density at radius 2 is 2.17 bits per heavy atom. The number of halogens is 1. The molecule has 102 valence electrons. The zero-order valence-corrected chi connectivity index (χ0v) is 13.3. The molecule has 2 unspecified atom stereocenters. The van der Waals surface area contributed by atoms with Gasteiger partial charge in [-0.05, 0) is 40.4 Å². The molecule has 0 radical (unpaired) electrons. The summed E-state index contributed by atoms with van der Waals surface area (Å²) in [6, 6.07) is 8.53. The van der Waals surface area contributed by atoms with Crippen molar-refractivity contribution in [3.05, 3.63) is 28.7 Å². The highest BCUT2D eigenvalue weighted by Gasteiger charge is 2.16. The van der Waals surface area contributed by atoms with Gasteiger partial charge in [-0.1, -0.05) is 19.1 Å². The number of hydrazine groups is 1. The standard InChI is InChI=1S/C13H21BrN2OS/c1-10(7-8-17-2)12(16-15)9-18-13-6-4-3-5-11(13)14/h3-6,10,12,16H,7-9,15H2,1-2H3. The summed E-state index contributed by atoms with van der Waals surface area (Å²) in [4.78, 5) is 1.25. The second-order valence-electron chi connectivity index (χ2n) is 4.27. The summed E-state index contributed by atoms with van der Waals surface area (Å²) in [5.41, 5.74) is 2.91. The maximum absolute atomic E-state index is 5.63. The van der Waals surface area contributed by atoms with Gasteiger partial charge in [0, 0.05) is 34.9 Å². The van der Waals surface area contributed by atoms with E-state index in [1.165, 1.54) is 4.90 Å². The SMILES string of the molecule is COCCC(C)C(CSc1ccccc1Br)NN. The second kappa shape index (κ2) is 8.93. The predicted octanol–water partition coefficient (Wildman–Crippen LogP) is 3.05. The maximum atomic E-state index is 5.63. The molecule has 0 aliphatic heterocycles. The quantitative estimate of drug-likeness (QED) is 0.436. The van der Waals surface area contributed by atoms with Crippen molar-refractivity contribution in [3.8, 4) is 0 Å². The fraction of sp³-hybridized carbons (Fsp3) is 0.538. The number of nitrogens with two attached hydrogens (primary N) is 1. The summed E-state index contributed by atoms with van der Waals surface area (Å²) in [5, 5.41) is 0. The molecule has 0 amide bonds. The van der Waals surface area contributed by atoms with Crippen LogP contribution in [0.3, 0.4) is 0 Å². The first-order valence-corrected chi connectivity index (χ1v) is 7.79. The van der Waals surface area contributed by atoms with Crippen LogP contribution in [0.1, 0.15) is 13.3 Å². The van der Waals surface area contributed by atoms with Crippen LogP contribution in [0.15, 0.2) is 33.6 Å². The molecule has 1 rings (SSSR count). The number of benzene rings is 1. The summed E-state index contributed by atoms with van der Waals surface area (Å²) < 4.78 is 6.24. The van der Waals surface area contributed by atoms with Gasteiger partial charge < -0.3 is 4.74 Å². The van der Waals surface area contributed by atoms with Gasteiger partial charge in [-0.2, -0.15) is 0 Å². The lowest BCUT2D eigenvalue weighted by Crippen LogP contribution is -2.42. The third-order valence-electron chi connectivity index (χ3n) is 2.93. The van der Waals surface area contributed by atoms with Crippen molar-refractivity contribution >= 4 is 27.7 Å². The van der Waals surface area contributed by atoms with Crippen molar-refractivity contribution in [1.82, 2.24) is 5.43 Å². The first-order chi connectivity index (χ1) is 8.69. The number of nitrogens with one attached hydrogen (secondary N) is 1. The van der Waals surface area contributed by atoms with Gasteiger partial charge in [0.05, 0.1) is 0 Å². The Bertz CT molecular complexity index is 352. The highest BCUT2D eigenvalue weighted by Crippen LogP contribution is 2.28. The molecule has 0 aromatic heterocycles. The van der Waals surface area contributed by atoms with Gasteiger partial charge in [-0.15, -0.1) is 11.8 Å². The number of methoxy groups -OCH3 is 1. The molecular formula is C13H21BrN2OS. The molecule has 0 saturated carbocycles. The summed E-state index contributed by atoms with van der Waals surface area (Å²) in [6.45, 7) is 2.98. The average Bonchev–Trinajstić information content (AvgIpc) is 2.39. The summed E-state index contributed by atoms with van der Waals surface area (Å²) in [5.74, 6) is 7.07. The van der Waals surface area contributed by atoms with Crippen molar-refractivity contribution in [2.24, 2.45) is 11.8 Å². The maximum Gasteiger partial charge on any atom is 0.0465 e. The Labute approximate surface area is 122 Å². The predicted molar refractivity (Wildman–Crippen MR) is 81.6 cm³/mol. The topological polar surface area (TPSA) is 47.3 Å². The second-order valence-corrected chi connectivity index (χ2v) is 6.19. The first-order valence-electron chi connectivity index (χ1n) is 6.01. The van der Waals surface area contributed by atoms with Gasteiger partial charge in [-0.25, -0.2) is 0 Å². The average molecular weight is 333 g/mol. The third kappa shape index (κ3) is 5.28. The number of rotatable bonds is 8.